The van der Waals surface area contributed by atoms with E-state index in [1.807, 2.05) is 18.2 Å². The van der Waals surface area contributed by atoms with Gasteiger partial charge in [0.05, 0.1) is 20.8 Å². The van der Waals surface area contributed by atoms with E-state index in [4.69, 9.17) is 25.8 Å². The summed E-state index contributed by atoms with van der Waals surface area (Å²) in [6, 6.07) is 9.29. The maximum absolute atomic E-state index is 5.79. The molecule has 0 unspecified atom stereocenters. The highest BCUT2D eigenvalue weighted by Crippen LogP contribution is 2.27. The summed E-state index contributed by atoms with van der Waals surface area (Å²) in [4.78, 5) is 3.90. The van der Waals surface area contributed by atoms with Crippen LogP contribution in [0.1, 0.15) is 5.56 Å². The normalized spacial score (nSPS) is 10.2. The highest BCUT2D eigenvalue weighted by Gasteiger charge is 2.04. The molecule has 1 aromatic carbocycles. The largest absolute Gasteiger partial charge is 0.493 e. The Morgan fingerprint density at radius 2 is 1.85 bits per heavy atom. The second-order valence-electron chi connectivity index (χ2n) is 4.10. The molecule has 0 amide bonds. The Morgan fingerprint density at radius 3 is 2.55 bits per heavy atom. The van der Waals surface area contributed by atoms with Crippen LogP contribution in [0.4, 0.5) is 0 Å². The third kappa shape index (κ3) is 3.78. The molecule has 0 saturated heterocycles. The Balaban J connectivity index is 1.94. The van der Waals surface area contributed by atoms with E-state index in [1.54, 1.807) is 32.5 Å². The zero-order chi connectivity index (χ0) is 14.4. The number of methoxy groups -OCH3 is 2. The highest BCUT2D eigenvalue weighted by molar-refractivity contribution is 6.29. The van der Waals surface area contributed by atoms with Crippen molar-refractivity contribution in [3.63, 3.8) is 0 Å². The average molecular weight is 294 g/mol. The lowest BCUT2D eigenvalue weighted by atomic mass is 10.1. The van der Waals surface area contributed by atoms with Crippen molar-refractivity contribution in [2.24, 2.45) is 0 Å². The number of benzene rings is 1. The van der Waals surface area contributed by atoms with Gasteiger partial charge in [-0.15, -0.1) is 0 Å². The Hall–Kier alpha value is -1.94. The number of rotatable bonds is 6. The summed E-state index contributed by atoms with van der Waals surface area (Å²) in [5, 5.41) is 0.425. The van der Waals surface area contributed by atoms with Crippen molar-refractivity contribution in [1.82, 2.24) is 4.98 Å². The van der Waals surface area contributed by atoms with E-state index in [2.05, 4.69) is 4.98 Å². The van der Waals surface area contributed by atoms with Crippen molar-refractivity contribution in [1.29, 1.82) is 0 Å². The molecule has 4 nitrogen and oxygen atoms in total. The molecular weight excluding hydrogens is 278 g/mol. The number of nitrogens with zero attached hydrogens (tertiary/aromatic N) is 1. The van der Waals surface area contributed by atoms with Crippen LogP contribution in [0.2, 0.25) is 5.15 Å². The fourth-order valence-electron chi connectivity index (χ4n) is 1.80. The van der Waals surface area contributed by atoms with E-state index < -0.39 is 0 Å². The molecule has 0 N–H and O–H groups in total. The fourth-order valence-corrected chi connectivity index (χ4v) is 1.96. The van der Waals surface area contributed by atoms with Gasteiger partial charge in [-0.25, -0.2) is 4.98 Å². The summed E-state index contributed by atoms with van der Waals surface area (Å²) < 4.78 is 16.1. The van der Waals surface area contributed by atoms with Gasteiger partial charge >= 0.3 is 0 Å². The molecule has 106 valence electrons. The molecule has 1 heterocycles. The molecule has 0 spiro atoms. The lowest BCUT2D eigenvalue weighted by Gasteiger charge is -2.10. The first-order valence-electron chi connectivity index (χ1n) is 6.18. The predicted molar refractivity (Wildman–Crippen MR) is 78.0 cm³/mol. The highest BCUT2D eigenvalue weighted by atomic mass is 35.5. The molecule has 1 aromatic heterocycles. The number of ether oxygens (including phenoxy) is 3. The number of pyridine rings is 1. The Bertz CT molecular complexity index is 575. The van der Waals surface area contributed by atoms with Crippen LogP contribution in [-0.4, -0.2) is 25.8 Å². The molecule has 0 bridgehead atoms. The van der Waals surface area contributed by atoms with Gasteiger partial charge in [0.2, 0.25) is 0 Å². The zero-order valence-electron chi connectivity index (χ0n) is 11.4. The minimum absolute atomic E-state index is 0.425. The summed E-state index contributed by atoms with van der Waals surface area (Å²) in [5.74, 6) is 2.15. The molecule has 5 heteroatoms. The molecule has 0 fully saturated rings. The second-order valence-corrected chi connectivity index (χ2v) is 4.49. The van der Waals surface area contributed by atoms with Crippen molar-refractivity contribution in [2.45, 2.75) is 6.42 Å². The third-order valence-corrected chi connectivity index (χ3v) is 3.01. The van der Waals surface area contributed by atoms with Gasteiger partial charge in [0.25, 0.3) is 0 Å². The topological polar surface area (TPSA) is 40.6 Å². The monoisotopic (exact) mass is 293 g/mol. The molecule has 20 heavy (non-hydrogen) atoms. The first kappa shape index (κ1) is 14.5. The Kier molecular flexibility index (Phi) is 5.07. The van der Waals surface area contributed by atoms with Crippen molar-refractivity contribution in [3.8, 4) is 17.2 Å². The second kappa shape index (κ2) is 7.01. The summed E-state index contributed by atoms with van der Waals surface area (Å²) in [7, 11) is 3.24. The quantitative estimate of drug-likeness (QED) is 0.766. The molecular formula is C15H16ClNO3. The molecule has 2 rings (SSSR count). The summed E-state index contributed by atoms with van der Waals surface area (Å²) in [6.45, 7) is 0.551. The molecule has 0 aliphatic heterocycles. The molecule has 0 radical (unpaired) electrons. The molecule has 2 aromatic rings. The first-order valence-corrected chi connectivity index (χ1v) is 6.56. The minimum atomic E-state index is 0.425. The lowest BCUT2D eigenvalue weighted by molar-refractivity contribution is 0.320. The Morgan fingerprint density at radius 1 is 1.05 bits per heavy atom. The maximum Gasteiger partial charge on any atom is 0.160 e. The first-order chi connectivity index (χ1) is 9.72. The van der Waals surface area contributed by atoms with E-state index in [1.165, 1.54) is 0 Å². The van der Waals surface area contributed by atoms with Gasteiger partial charge in [0.15, 0.2) is 11.5 Å². The van der Waals surface area contributed by atoms with Crippen LogP contribution in [0.3, 0.4) is 0 Å². The lowest BCUT2D eigenvalue weighted by Crippen LogP contribution is -2.02. The average Bonchev–Trinajstić information content (AvgIpc) is 2.47. The van der Waals surface area contributed by atoms with E-state index in [-0.39, 0.29) is 0 Å². The van der Waals surface area contributed by atoms with Gasteiger partial charge in [-0.1, -0.05) is 17.7 Å². The van der Waals surface area contributed by atoms with Gasteiger partial charge in [0, 0.05) is 18.7 Å². The minimum Gasteiger partial charge on any atom is -0.493 e. The van der Waals surface area contributed by atoms with E-state index >= 15 is 0 Å². The third-order valence-electron chi connectivity index (χ3n) is 2.81. The fraction of sp³-hybridized carbons (Fsp3) is 0.267. The summed E-state index contributed by atoms with van der Waals surface area (Å²) in [5.41, 5.74) is 1.11. The van der Waals surface area contributed by atoms with Gasteiger partial charge in [0.1, 0.15) is 10.9 Å². The number of halogens is 1. The molecule has 0 aliphatic rings. The predicted octanol–water partition coefficient (Wildman–Crippen LogP) is 3.37. The van der Waals surface area contributed by atoms with Crippen LogP contribution < -0.4 is 14.2 Å². The summed E-state index contributed by atoms with van der Waals surface area (Å²) in [6.07, 6.45) is 2.38. The van der Waals surface area contributed by atoms with Crippen LogP contribution in [0, 0.1) is 0 Å². The van der Waals surface area contributed by atoms with Crippen LogP contribution in [0.15, 0.2) is 36.5 Å². The standard InChI is InChI=1S/C15H16ClNO3/c1-18-13-4-3-11(9-14(13)19-2)6-8-20-12-5-7-17-15(16)10-12/h3-5,7,9-10H,6,8H2,1-2H3. The molecule has 0 atom stereocenters. The van der Waals surface area contributed by atoms with E-state index in [0.717, 1.165) is 23.5 Å². The van der Waals surface area contributed by atoms with E-state index in [9.17, 15) is 0 Å². The van der Waals surface area contributed by atoms with Crippen LogP contribution in [0.25, 0.3) is 0 Å². The van der Waals surface area contributed by atoms with Gasteiger partial charge in [-0.05, 0) is 23.8 Å². The molecule has 0 aliphatic carbocycles. The van der Waals surface area contributed by atoms with Gasteiger partial charge < -0.3 is 14.2 Å². The number of hydrogen-bond acceptors (Lipinski definition) is 4. The SMILES string of the molecule is COc1ccc(CCOc2ccnc(Cl)c2)cc1OC. The number of aromatic nitrogens is 1. The van der Waals surface area contributed by atoms with Gasteiger partial charge in [-0.3, -0.25) is 0 Å². The Labute approximate surface area is 123 Å². The van der Waals surface area contributed by atoms with Crippen molar-refractivity contribution >= 4 is 11.6 Å². The van der Waals surface area contributed by atoms with Crippen LogP contribution in [-0.2, 0) is 6.42 Å². The molecule has 0 saturated carbocycles. The smallest absolute Gasteiger partial charge is 0.160 e. The maximum atomic E-state index is 5.79. The van der Waals surface area contributed by atoms with Crippen molar-refractivity contribution in [2.75, 3.05) is 20.8 Å². The van der Waals surface area contributed by atoms with Crippen LogP contribution >= 0.6 is 11.6 Å². The van der Waals surface area contributed by atoms with Crippen molar-refractivity contribution < 1.29 is 14.2 Å². The van der Waals surface area contributed by atoms with E-state index in [0.29, 0.717) is 17.5 Å². The van der Waals surface area contributed by atoms with Crippen LogP contribution in [0.5, 0.6) is 17.2 Å². The van der Waals surface area contributed by atoms with Crippen molar-refractivity contribution in [3.05, 3.63) is 47.2 Å². The number of hydrogen-bond donors (Lipinski definition) is 0. The zero-order valence-corrected chi connectivity index (χ0v) is 12.2. The summed E-state index contributed by atoms with van der Waals surface area (Å²) >= 11 is 5.79. The van der Waals surface area contributed by atoms with Gasteiger partial charge in [-0.2, -0.15) is 0 Å².